The van der Waals surface area contributed by atoms with Crippen LogP contribution < -0.4 is 0 Å². The molecule has 1 aliphatic heterocycles. The number of nitrogens with zero attached hydrogens (tertiary/aromatic N) is 1. The number of esters is 1. The molecule has 4 heteroatoms. The van der Waals surface area contributed by atoms with Crippen molar-refractivity contribution in [3.8, 4) is 0 Å². The smallest absolute Gasteiger partial charge is 0.312 e. The Morgan fingerprint density at radius 3 is 2.44 bits per heavy atom. The van der Waals surface area contributed by atoms with Gasteiger partial charge < -0.3 is 14.3 Å². The maximum absolute atomic E-state index is 13.5. The van der Waals surface area contributed by atoms with Gasteiger partial charge >= 0.3 is 5.97 Å². The first kappa shape index (κ1) is 20.6. The summed E-state index contributed by atoms with van der Waals surface area (Å²) in [6, 6.07) is 16.7. The highest BCUT2D eigenvalue weighted by Gasteiger charge is 2.49. The molecule has 0 aliphatic carbocycles. The fourth-order valence-corrected chi connectivity index (χ4v) is 5.79. The van der Waals surface area contributed by atoms with Gasteiger partial charge in [-0.3, -0.25) is 4.79 Å². The van der Waals surface area contributed by atoms with Crippen LogP contribution >= 0.6 is 0 Å². The third-order valence-corrected chi connectivity index (χ3v) is 7.04. The van der Waals surface area contributed by atoms with Gasteiger partial charge in [0.2, 0.25) is 0 Å². The standard InChI is InChI=1S/C28H30N2O2/c1-6-32-28(31)24-21(15-16(2)3)26-18(5)20-12-8-10-14-23(20)30(26)27(24)25-17(4)19-11-7-9-13-22(19)29-25/h7-14,21,24,27,29H,2,6,15H2,1,3-5H3/t21-,24-,27+/m1/s1. The fraction of sp³-hybridized carbons (Fsp3) is 0.321. The van der Waals surface area contributed by atoms with E-state index in [1.807, 2.05) is 19.9 Å². The van der Waals surface area contributed by atoms with Gasteiger partial charge in [-0.15, -0.1) is 6.58 Å². The molecule has 1 aliphatic rings. The van der Waals surface area contributed by atoms with E-state index in [1.54, 1.807) is 0 Å². The number of nitrogens with one attached hydrogen (secondary N) is 1. The average Bonchev–Trinajstić information content (AvgIpc) is 3.37. The molecule has 164 valence electrons. The maximum Gasteiger partial charge on any atom is 0.312 e. The third-order valence-electron chi connectivity index (χ3n) is 7.04. The first-order chi connectivity index (χ1) is 15.4. The topological polar surface area (TPSA) is 47.0 Å². The lowest BCUT2D eigenvalue weighted by molar-refractivity contribution is -0.149. The number of carbonyl (C=O) groups is 1. The molecule has 0 radical (unpaired) electrons. The summed E-state index contributed by atoms with van der Waals surface area (Å²) in [5.41, 5.74) is 8.11. The predicted molar refractivity (Wildman–Crippen MR) is 130 cm³/mol. The molecule has 0 bridgehead atoms. The molecule has 4 aromatic rings. The van der Waals surface area contributed by atoms with Crippen molar-refractivity contribution in [2.45, 2.75) is 46.1 Å². The van der Waals surface area contributed by atoms with Crippen LogP contribution in [0.2, 0.25) is 0 Å². The van der Waals surface area contributed by atoms with Crippen molar-refractivity contribution in [2.75, 3.05) is 6.61 Å². The van der Waals surface area contributed by atoms with Crippen LogP contribution in [-0.4, -0.2) is 22.1 Å². The first-order valence-electron chi connectivity index (χ1n) is 11.4. The van der Waals surface area contributed by atoms with Crippen LogP contribution in [0.1, 0.15) is 54.7 Å². The van der Waals surface area contributed by atoms with E-state index < -0.39 is 0 Å². The van der Waals surface area contributed by atoms with Crippen molar-refractivity contribution in [3.63, 3.8) is 0 Å². The van der Waals surface area contributed by atoms with Crippen molar-refractivity contribution < 1.29 is 9.53 Å². The van der Waals surface area contributed by atoms with Gasteiger partial charge in [-0.25, -0.2) is 0 Å². The van der Waals surface area contributed by atoms with E-state index in [0.717, 1.165) is 23.2 Å². The summed E-state index contributed by atoms with van der Waals surface area (Å²) in [7, 11) is 0. The predicted octanol–water partition coefficient (Wildman–Crippen LogP) is 6.57. The van der Waals surface area contributed by atoms with E-state index in [1.165, 1.54) is 33.1 Å². The van der Waals surface area contributed by atoms with Gasteiger partial charge in [0, 0.05) is 39.1 Å². The number of fused-ring (bicyclic) bond motifs is 4. The van der Waals surface area contributed by atoms with Crippen LogP contribution in [0.4, 0.5) is 0 Å². The summed E-state index contributed by atoms with van der Waals surface area (Å²) < 4.78 is 8.06. The lowest BCUT2D eigenvalue weighted by atomic mass is 9.81. The van der Waals surface area contributed by atoms with Crippen LogP contribution in [0, 0.1) is 19.8 Å². The van der Waals surface area contributed by atoms with Crippen LogP contribution in [-0.2, 0) is 9.53 Å². The maximum atomic E-state index is 13.5. The Morgan fingerprint density at radius 1 is 1.06 bits per heavy atom. The van der Waals surface area contributed by atoms with Crippen molar-refractivity contribution in [3.05, 3.63) is 83.2 Å². The number of carbonyl (C=O) groups excluding carboxylic acids is 1. The monoisotopic (exact) mass is 426 g/mol. The summed E-state index contributed by atoms with van der Waals surface area (Å²) in [4.78, 5) is 17.2. The van der Waals surface area contributed by atoms with Crippen LogP contribution in [0.25, 0.3) is 21.8 Å². The molecule has 2 aromatic carbocycles. The molecule has 0 unspecified atom stereocenters. The number of aromatic amines is 1. The van der Waals surface area contributed by atoms with E-state index in [0.29, 0.717) is 6.61 Å². The zero-order valence-electron chi connectivity index (χ0n) is 19.2. The molecule has 5 rings (SSSR count). The summed E-state index contributed by atoms with van der Waals surface area (Å²) in [5.74, 6) is -0.416. The highest BCUT2D eigenvalue weighted by Crippen LogP contribution is 2.53. The van der Waals surface area contributed by atoms with E-state index in [2.05, 4.69) is 72.4 Å². The summed E-state index contributed by atoms with van der Waals surface area (Å²) in [6.07, 6.45) is 0.760. The highest BCUT2D eigenvalue weighted by atomic mass is 16.5. The van der Waals surface area contributed by atoms with Gasteiger partial charge in [0.15, 0.2) is 0 Å². The number of hydrogen-bond acceptors (Lipinski definition) is 2. The molecule has 3 atom stereocenters. The molecule has 4 nitrogen and oxygen atoms in total. The SMILES string of the molecule is C=C(C)C[C@H]1c2c(C)c3ccccc3n2[C@H](c2[nH]c3ccccc3c2C)[C@@H]1C(=O)OCC. The number of ether oxygens (including phenoxy) is 1. The van der Waals surface area contributed by atoms with Gasteiger partial charge in [0.25, 0.3) is 0 Å². The van der Waals surface area contributed by atoms with Gasteiger partial charge in [-0.05, 0) is 57.4 Å². The van der Waals surface area contributed by atoms with Crippen molar-refractivity contribution in [1.82, 2.24) is 9.55 Å². The molecule has 0 saturated heterocycles. The van der Waals surface area contributed by atoms with Crippen LogP contribution in [0.15, 0.2) is 60.7 Å². The van der Waals surface area contributed by atoms with Gasteiger partial charge in [-0.2, -0.15) is 0 Å². The largest absolute Gasteiger partial charge is 0.466 e. The molecule has 3 heterocycles. The molecule has 32 heavy (non-hydrogen) atoms. The highest BCUT2D eigenvalue weighted by molar-refractivity contribution is 5.90. The van der Waals surface area contributed by atoms with E-state index in [-0.39, 0.29) is 23.8 Å². The Kier molecular flexibility index (Phi) is 4.96. The quantitative estimate of drug-likeness (QED) is 0.290. The summed E-state index contributed by atoms with van der Waals surface area (Å²) >= 11 is 0. The fourth-order valence-electron chi connectivity index (χ4n) is 5.79. The Balaban J connectivity index is 1.83. The third kappa shape index (κ3) is 2.93. The number of aromatic nitrogens is 2. The van der Waals surface area contributed by atoms with E-state index in [9.17, 15) is 4.79 Å². The van der Waals surface area contributed by atoms with Crippen molar-refractivity contribution >= 4 is 27.8 Å². The molecule has 0 spiro atoms. The van der Waals surface area contributed by atoms with Crippen molar-refractivity contribution in [2.24, 2.45) is 5.92 Å². The number of benzene rings is 2. The number of rotatable bonds is 5. The second-order valence-electron chi connectivity index (χ2n) is 9.10. The first-order valence-corrected chi connectivity index (χ1v) is 11.4. The van der Waals surface area contributed by atoms with E-state index >= 15 is 0 Å². The number of hydrogen-bond donors (Lipinski definition) is 1. The minimum Gasteiger partial charge on any atom is -0.466 e. The van der Waals surface area contributed by atoms with Crippen molar-refractivity contribution in [1.29, 1.82) is 0 Å². The second-order valence-corrected chi connectivity index (χ2v) is 9.10. The molecule has 0 saturated carbocycles. The lowest BCUT2D eigenvalue weighted by Crippen LogP contribution is -2.28. The Bertz CT molecular complexity index is 1360. The molecular weight excluding hydrogens is 396 g/mol. The summed E-state index contributed by atoms with van der Waals surface area (Å²) in [6.45, 7) is 12.8. The minimum atomic E-state index is -0.309. The lowest BCUT2D eigenvalue weighted by Gasteiger charge is -2.25. The van der Waals surface area contributed by atoms with Crippen LogP contribution in [0.3, 0.4) is 0 Å². The number of allylic oxidation sites excluding steroid dienone is 1. The summed E-state index contributed by atoms with van der Waals surface area (Å²) in [5, 5.41) is 2.44. The number of para-hydroxylation sites is 2. The molecule has 0 amide bonds. The Labute approximate surface area is 188 Å². The van der Waals surface area contributed by atoms with E-state index in [4.69, 9.17) is 4.74 Å². The number of aryl methyl sites for hydroxylation is 2. The molecular formula is C28H30N2O2. The number of H-pyrrole nitrogens is 1. The minimum absolute atomic E-state index is 0.0229. The zero-order valence-corrected chi connectivity index (χ0v) is 19.2. The van der Waals surface area contributed by atoms with Gasteiger partial charge in [0.05, 0.1) is 18.6 Å². The van der Waals surface area contributed by atoms with Gasteiger partial charge in [-0.1, -0.05) is 42.0 Å². The normalized spacial score (nSPS) is 20.1. The Morgan fingerprint density at radius 2 is 1.75 bits per heavy atom. The zero-order chi connectivity index (χ0) is 22.6. The molecule has 0 fully saturated rings. The second kappa shape index (κ2) is 7.70. The Hall–Kier alpha value is -3.27. The van der Waals surface area contributed by atoms with Gasteiger partial charge in [0.1, 0.15) is 0 Å². The molecule has 2 aromatic heterocycles. The molecule has 1 N–H and O–H groups in total. The van der Waals surface area contributed by atoms with Crippen LogP contribution in [0.5, 0.6) is 0 Å². The average molecular weight is 427 g/mol.